The van der Waals surface area contributed by atoms with E-state index in [1.165, 1.54) is 12.1 Å². The Balaban J connectivity index is 1.10. The van der Waals surface area contributed by atoms with Crippen molar-refractivity contribution in [1.29, 1.82) is 0 Å². The number of benzene rings is 2. The average Bonchev–Trinajstić information content (AvgIpc) is 3.44. The molecule has 2 saturated heterocycles. The van der Waals surface area contributed by atoms with Gasteiger partial charge in [-0.15, -0.1) is 0 Å². The number of H-pyrrole nitrogens is 1. The van der Waals surface area contributed by atoms with Crippen LogP contribution in [0.2, 0.25) is 0 Å². The summed E-state index contributed by atoms with van der Waals surface area (Å²) in [5, 5.41) is 7.05. The normalized spacial score (nSPS) is 19.3. The number of aromatic amines is 1. The number of ether oxygens (including phenoxy) is 2. The molecule has 2 aliphatic rings. The molecule has 1 amide bonds. The van der Waals surface area contributed by atoms with Crippen molar-refractivity contribution in [1.82, 2.24) is 15.1 Å². The van der Waals surface area contributed by atoms with Crippen molar-refractivity contribution < 1.29 is 18.7 Å². The Bertz CT molecular complexity index is 1080. The Morgan fingerprint density at radius 2 is 2.06 bits per heavy atom. The number of carbonyl (C=O) groups is 1. The Labute approximate surface area is 186 Å². The number of likely N-dealkylation sites (tertiary alicyclic amines) is 1. The molecule has 3 heterocycles. The van der Waals surface area contributed by atoms with Gasteiger partial charge in [0.05, 0.1) is 43.8 Å². The van der Waals surface area contributed by atoms with Crippen LogP contribution in [-0.4, -0.2) is 52.9 Å². The average molecular weight is 435 g/mol. The summed E-state index contributed by atoms with van der Waals surface area (Å²) in [6.45, 7) is 2.91. The third kappa shape index (κ3) is 4.31. The SMILES string of the molecule is O=C(c1cn[nH]c1-c1ccccc1)N1CC2(CC(CCOCc3cccc(F)c3)CO2)C1. The molecule has 1 unspecified atom stereocenters. The molecule has 2 aliphatic heterocycles. The molecule has 2 fully saturated rings. The summed E-state index contributed by atoms with van der Waals surface area (Å²) in [5.74, 6) is 0.148. The zero-order chi connectivity index (χ0) is 22.0. The first-order valence-electron chi connectivity index (χ1n) is 11.0. The summed E-state index contributed by atoms with van der Waals surface area (Å²) >= 11 is 0. The minimum atomic E-state index is -0.243. The fourth-order valence-electron chi connectivity index (χ4n) is 4.65. The lowest BCUT2D eigenvalue weighted by atomic mass is 9.85. The number of halogens is 1. The van der Waals surface area contributed by atoms with Crippen molar-refractivity contribution in [3.8, 4) is 11.3 Å². The van der Waals surface area contributed by atoms with E-state index in [4.69, 9.17) is 9.47 Å². The molecule has 0 aliphatic carbocycles. The maximum atomic E-state index is 13.2. The number of rotatable bonds is 7. The van der Waals surface area contributed by atoms with E-state index >= 15 is 0 Å². The molecule has 7 heteroatoms. The lowest BCUT2D eigenvalue weighted by Gasteiger charge is -2.47. The summed E-state index contributed by atoms with van der Waals surface area (Å²) in [6.07, 6.45) is 3.42. The second-order valence-electron chi connectivity index (χ2n) is 8.72. The van der Waals surface area contributed by atoms with E-state index in [1.54, 1.807) is 12.3 Å². The standard InChI is InChI=1S/C25H26FN3O3/c26-21-8-4-5-18(11-21)14-31-10-9-19-12-25(32-15-19)16-29(17-25)24(30)22-13-27-28-23(22)20-6-2-1-3-7-20/h1-8,11,13,19H,9-10,12,14-17H2,(H,27,28). The fourth-order valence-corrected chi connectivity index (χ4v) is 4.65. The lowest BCUT2D eigenvalue weighted by Crippen LogP contribution is -2.63. The summed E-state index contributed by atoms with van der Waals surface area (Å²) < 4.78 is 25.1. The third-order valence-corrected chi connectivity index (χ3v) is 6.29. The van der Waals surface area contributed by atoms with Crippen LogP contribution in [0.15, 0.2) is 60.8 Å². The molecule has 2 aromatic carbocycles. The summed E-state index contributed by atoms with van der Waals surface area (Å²) in [5.41, 5.74) is 2.88. The van der Waals surface area contributed by atoms with E-state index in [0.29, 0.717) is 44.4 Å². The Kier molecular flexibility index (Phi) is 5.76. The molecule has 6 nitrogen and oxygen atoms in total. The largest absolute Gasteiger partial charge is 0.377 e. The van der Waals surface area contributed by atoms with Gasteiger partial charge in [0.15, 0.2) is 0 Å². The Morgan fingerprint density at radius 3 is 2.88 bits per heavy atom. The molecule has 0 bridgehead atoms. The third-order valence-electron chi connectivity index (χ3n) is 6.29. The first-order chi connectivity index (χ1) is 15.6. The second-order valence-corrected chi connectivity index (χ2v) is 8.72. The molecular formula is C25H26FN3O3. The molecule has 1 spiro atoms. The van der Waals surface area contributed by atoms with Crippen LogP contribution in [0.1, 0.15) is 28.8 Å². The van der Waals surface area contributed by atoms with Gasteiger partial charge in [0.1, 0.15) is 11.4 Å². The molecular weight excluding hydrogens is 409 g/mol. The smallest absolute Gasteiger partial charge is 0.257 e. The predicted octanol–water partition coefficient (Wildman–Crippen LogP) is 4.05. The van der Waals surface area contributed by atoms with E-state index in [9.17, 15) is 9.18 Å². The van der Waals surface area contributed by atoms with Crippen LogP contribution in [0.3, 0.4) is 0 Å². The molecule has 32 heavy (non-hydrogen) atoms. The minimum Gasteiger partial charge on any atom is -0.377 e. The highest BCUT2D eigenvalue weighted by Crippen LogP contribution is 2.40. The molecule has 1 atom stereocenters. The number of aromatic nitrogens is 2. The number of nitrogens with zero attached hydrogens (tertiary/aromatic N) is 2. The van der Waals surface area contributed by atoms with Gasteiger partial charge in [-0.2, -0.15) is 5.10 Å². The molecule has 166 valence electrons. The van der Waals surface area contributed by atoms with Gasteiger partial charge >= 0.3 is 0 Å². The van der Waals surface area contributed by atoms with E-state index < -0.39 is 0 Å². The van der Waals surface area contributed by atoms with Crippen molar-refractivity contribution in [3.05, 3.63) is 77.7 Å². The van der Waals surface area contributed by atoms with E-state index in [1.807, 2.05) is 41.3 Å². The summed E-state index contributed by atoms with van der Waals surface area (Å²) in [6, 6.07) is 16.2. The van der Waals surface area contributed by atoms with Crippen LogP contribution in [0.5, 0.6) is 0 Å². The number of hydrogen-bond donors (Lipinski definition) is 1. The van der Waals surface area contributed by atoms with Gasteiger partial charge in [-0.05, 0) is 36.5 Å². The maximum absolute atomic E-state index is 13.2. The van der Waals surface area contributed by atoms with Gasteiger partial charge in [-0.3, -0.25) is 9.89 Å². The Hall–Kier alpha value is -3.03. The van der Waals surface area contributed by atoms with Crippen LogP contribution >= 0.6 is 0 Å². The first kappa shape index (κ1) is 20.8. The highest BCUT2D eigenvalue weighted by Gasteiger charge is 2.51. The van der Waals surface area contributed by atoms with Gasteiger partial charge in [0, 0.05) is 12.2 Å². The zero-order valence-corrected chi connectivity index (χ0v) is 17.8. The van der Waals surface area contributed by atoms with Gasteiger partial charge in [0.25, 0.3) is 5.91 Å². The predicted molar refractivity (Wildman–Crippen MR) is 117 cm³/mol. The molecule has 0 radical (unpaired) electrons. The van der Waals surface area contributed by atoms with Crippen LogP contribution in [0.25, 0.3) is 11.3 Å². The van der Waals surface area contributed by atoms with Gasteiger partial charge < -0.3 is 14.4 Å². The molecule has 5 rings (SSSR count). The van der Waals surface area contributed by atoms with Crippen molar-refractivity contribution in [2.24, 2.45) is 5.92 Å². The van der Waals surface area contributed by atoms with Gasteiger partial charge in [0.2, 0.25) is 0 Å². The highest BCUT2D eigenvalue weighted by molar-refractivity contribution is 6.00. The topological polar surface area (TPSA) is 67.5 Å². The highest BCUT2D eigenvalue weighted by atomic mass is 19.1. The number of nitrogens with one attached hydrogen (secondary N) is 1. The van der Waals surface area contributed by atoms with E-state index in [-0.39, 0.29) is 17.3 Å². The van der Waals surface area contributed by atoms with Gasteiger partial charge in [-0.25, -0.2) is 4.39 Å². The number of carbonyl (C=O) groups excluding carboxylic acids is 1. The van der Waals surface area contributed by atoms with Crippen LogP contribution in [-0.2, 0) is 16.1 Å². The zero-order valence-electron chi connectivity index (χ0n) is 17.8. The molecule has 1 N–H and O–H groups in total. The van der Waals surface area contributed by atoms with Crippen molar-refractivity contribution in [3.63, 3.8) is 0 Å². The summed E-state index contributed by atoms with van der Waals surface area (Å²) in [7, 11) is 0. The van der Waals surface area contributed by atoms with Crippen LogP contribution in [0, 0.1) is 11.7 Å². The first-order valence-corrected chi connectivity index (χ1v) is 11.0. The summed E-state index contributed by atoms with van der Waals surface area (Å²) in [4.78, 5) is 14.9. The lowest BCUT2D eigenvalue weighted by molar-refractivity contribution is -0.0950. The van der Waals surface area contributed by atoms with Crippen molar-refractivity contribution in [2.75, 3.05) is 26.3 Å². The maximum Gasteiger partial charge on any atom is 0.257 e. The quantitative estimate of drug-likeness (QED) is 0.569. The van der Waals surface area contributed by atoms with Crippen LogP contribution in [0.4, 0.5) is 4.39 Å². The second kappa shape index (κ2) is 8.84. The van der Waals surface area contributed by atoms with Crippen molar-refractivity contribution in [2.45, 2.75) is 25.0 Å². The Morgan fingerprint density at radius 1 is 1.22 bits per heavy atom. The van der Waals surface area contributed by atoms with E-state index in [2.05, 4.69) is 10.2 Å². The van der Waals surface area contributed by atoms with Crippen molar-refractivity contribution >= 4 is 5.91 Å². The van der Waals surface area contributed by atoms with E-state index in [0.717, 1.165) is 29.7 Å². The monoisotopic (exact) mass is 435 g/mol. The van der Waals surface area contributed by atoms with Crippen LogP contribution < -0.4 is 0 Å². The minimum absolute atomic E-state index is 0.0197. The number of amides is 1. The molecule has 0 saturated carbocycles. The molecule has 1 aromatic heterocycles. The van der Waals surface area contributed by atoms with Gasteiger partial charge in [-0.1, -0.05) is 42.5 Å². The fraction of sp³-hybridized carbons (Fsp3) is 0.360. The number of hydrogen-bond acceptors (Lipinski definition) is 4. The molecule has 3 aromatic rings.